The van der Waals surface area contributed by atoms with Crippen molar-refractivity contribution in [2.24, 2.45) is 0 Å². The van der Waals surface area contributed by atoms with Gasteiger partial charge in [-0.05, 0) is 120 Å². The van der Waals surface area contributed by atoms with Crippen molar-refractivity contribution in [3.63, 3.8) is 0 Å². The summed E-state index contributed by atoms with van der Waals surface area (Å²) in [7, 11) is 0. The molecule has 0 amide bonds. The third kappa shape index (κ3) is 3.86. The van der Waals surface area contributed by atoms with Gasteiger partial charge in [0.25, 0.3) is 0 Å². The van der Waals surface area contributed by atoms with E-state index >= 15 is 0 Å². The molecule has 0 N–H and O–H groups in total. The van der Waals surface area contributed by atoms with Gasteiger partial charge in [-0.1, -0.05) is 13.8 Å². The van der Waals surface area contributed by atoms with Gasteiger partial charge < -0.3 is 0 Å². The number of thiophene rings is 6. The van der Waals surface area contributed by atoms with Crippen LogP contribution >= 0.6 is 68.0 Å². The van der Waals surface area contributed by atoms with Crippen molar-refractivity contribution in [2.45, 2.75) is 39.5 Å². The summed E-state index contributed by atoms with van der Waals surface area (Å²) < 4.78 is 0. The monoisotopic (exact) mass is 650 g/mol. The molecule has 1 aromatic carbocycles. The van der Waals surface area contributed by atoms with E-state index in [1.54, 1.807) is 0 Å². The molecule has 0 saturated heterocycles. The van der Waals surface area contributed by atoms with E-state index in [0.29, 0.717) is 11.8 Å². The zero-order chi connectivity index (χ0) is 28.3. The number of benzene rings is 1. The van der Waals surface area contributed by atoms with Gasteiger partial charge in [0.1, 0.15) is 0 Å². The summed E-state index contributed by atoms with van der Waals surface area (Å²) >= 11 is 11.6. The zero-order valence-electron chi connectivity index (χ0n) is 23.5. The van der Waals surface area contributed by atoms with E-state index in [4.69, 9.17) is 0 Å². The molecule has 7 aromatic rings. The molecule has 2 aliphatic rings. The molecule has 6 heteroatoms. The molecule has 206 valence electrons. The predicted molar refractivity (Wildman–Crippen MR) is 191 cm³/mol. The highest BCUT2D eigenvalue weighted by atomic mass is 32.1. The average molecular weight is 651 g/mol. The fraction of sp³-hybridized carbons (Fsp3) is 0.167. The number of aryl methyl sites for hydroxylation is 2. The largest absolute Gasteiger partial charge is 0.140 e. The molecular formula is C36H26S6. The molecule has 0 aliphatic heterocycles. The molecule has 6 heterocycles. The first-order chi connectivity index (χ1) is 20.4. The summed E-state index contributed by atoms with van der Waals surface area (Å²) in [5, 5.41) is 0. The standard InChI is InChI=1S/C36H26S6/c1-17-5-7-27(37-17)29-9-11-31(39-29)33-15-23-19(3)21-14-26-22(13-25(21)35(23)41-33)20(4)24-16-34(42-36(24)26)32-12-10-30(40-32)28-8-6-18(2)38-28/h5-16,19-20H,1-4H3. The van der Waals surface area contributed by atoms with Crippen molar-refractivity contribution < 1.29 is 0 Å². The van der Waals surface area contributed by atoms with Crippen molar-refractivity contribution in [2.75, 3.05) is 0 Å². The predicted octanol–water partition coefficient (Wildman–Crippen LogP) is 13.6. The van der Waals surface area contributed by atoms with Crippen molar-refractivity contribution in [3.05, 3.63) is 105 Å². The molecule has 2 aliphatic carbocycles. The molecule has 2 unspecified atom stereocenters. The van der Waals surface area contributed by atoms with Crippen LogP contribution in [0.25, 0.3) is 59.9 Å². The Morgan fingerprint density at radius 2 is 0.738 bits per heavy atom. The Hall–Kier alpha value is -2.58. The van der Waals surface area contributed by atoms with E-state index in [-0.39, 0.29) is 0 Å². The van der Waals surface area contributed by atoms with E-state index in [1.165, 1.54) is 91.9 Å². The Kier molecular flexibility index (Phi) is 5.83. The Morgan fingerprint density at radius 3 is 1.12 bits per heavy atom. The first kappa shape index (κ1) is 25.9. The Bertz CT molecular complexity index is 2010. The number of hydrogen-bond donors (Lipinski definition) is 0. The van der Waals surface area contributed by atoms with Gasteiger partial charge >= 0.3 is 0 Å². The third-order valence-corrected chi connectivity index (χ3v) is 16.1. The summed E-state index contributed by atoms with van der Waals surface area (Å²) in [6, 6.07) is 28.2. The van der Waals surface area contributed by atoms with Crippen LogP contribution in [0.5, 0.6) is 0 Å². The first-order valence-electron chi connectivity index (χ1n) is 14.2. The second-order valence-electron chi connectivity index (χ2n) is 11.4. The Morgan fingerprint density at radius 1 is 0.381 bits per heavy atom. The van der Waals surface area contributed by atoms with Gasteiger partial charge in [-0.2, -0.15) is 0 Å². The van der Waals surface area contributed by atoms with Gasteiger partial charge in [0.05, 0.1) is 0 Å². The van der Waals surface area contributed by atoms with Crippen molar-refractivity contribution in [3.8, 4) is 59.9 Å². The van der Waals surface area contributed by atoms with Crippen molar-refractivity contribution >= 4 is 68.0 Å². The molecule has 0 bridgehead atoms. The van der Waals surface area contributed by atoms with E-state index in [9.17, 15) is 0 Å². The molecule has 42 heavy (non-hydrogen) atoms. The highest BCUT2D eigenvalue weighted by Gasteiger charge is 2.35. The number of hydrogen-bond acceptors (Lipinski definition) is 6. The fourth-order valence-corrected chi connectivity index (χ4v) is 13.2. The van der Waals surface area contributed by atoms with Crippen molar-refractivity contribution in [1.29, 1.82) is 0 Å². The van der Waals surface area contributed by atoms with Gasteiger partial charge in [-0.25, -0.2) is 0 Å². The van der Waals surface area contributed by atoms with Crippen LogP contribution in [-0.2, 0) is 0 Å². The van der Waals surface area contributed by atoms with Crippen LogP contribution in [0.3, 0.4) is 0 Å². The average Bonchev–Trinajstić information content (AvgIpc) is 3.81. The lowest BCUT2D eigenvalue weighted by Crippen LogP contribution is -1.93. The molecule has 9 rings (SSSR count). The van der Waals surface area contributed by atoms with Gasteiger partial charge in [-0.3, -0.25) is 0 Å². The van der Waals surface area contributed by atoms with Crippen LogP contribution in [0.2, 0.25) is 0 Å². The quantitative estimate of drug-likeness (QED) is 0.178. The van der Waals surface area contributed by atoms with Crippen LogP contribution in [-0.4, -0.2) is 0 Å². The maximum absolute atomic E-state index is 2.54. The maximum atomic E-state index is 2.54. The second-order valence-corrected chi connectivity index (χ2v) is 18.3. The smallest absolute Gasteiger partial charge is 0.0452 e. The van der Waals surface area contributed by atoms with E-state index in [1.807, 2.05) is 68.0 Å². The van der Waals surface area contributed by atoms with E-state index < -0.39 is 0 Å². The molecule has 0 radical (unpaired) electrons. The Labute approximate surface area is 270 Å². The summed E-state index contributed by atoms with van der Waals surface area (Å²) in [5.41, 5.74) is 8.95. The maximum Gasteiger partial charge on any atom is 0.0452 e. The SMILES string of the molecule is Cc1ccc(-c2ccc(-c3cc4c(s3)-c3cc5c(cc3C4C)-c3sc(-c4ccc(-c6ccc(C)s6)s4)cc3C5C)s2)s1. The van der Waals surface area contributed by atoms with Gasteiger partial charge in [0.2, 0.25) is 0 Å². The molecule has 0 nitrogen and oxygen atoms in total. The van der Waals surface area contributed by atoms with Crippen LogP contribution < -0.4 is 0 Å². The summed E-state index contributed by atoms with van der Waals surface area (Å²) in [6.45, 7) is 9.18. The minimum atomic E-state index is 0.428. The van der Waals surface area contributed by atoms with Gasteiger partial charge in [0.15, 0.2) is 0 Å². The zero-order valence-corrected chi connectivity index (χ0v) is 28.4. The Balaban J connectivity index is 1.06. The molecule has 0 fully saturated rings. The molecular weight excluding hydrogens is 625 g/mol. The summed E-state index contributed by atoms with van der Waals surface area (Å²) in [6.07, 6.45) is 0. The normalized spacial score (nSPS) is 16.6. The molecule has 0 saturated carbocycles. The van der Waals surface area contributed by atoms with Crippen molar-refractivity contribution in [1.82, 2.24) is 0 Å². The topological polar surface area (TPSA) is 0 Å². The van der Waals surface area contributed by atoms with Crippen LogP contribution in [0.4, 0.5) is 0 Å². The second kappa shape index (κ2) is 9.46. The molecule has 6 aromatic heterocycles. The highest BCUT2D eigenvalue weighted by Crippen LogP contribution is 2.58. The summed E-state index contributed by atoms with van der Waals surface area (Å²) in [4.78, 5) is 16.8. The van der Waals surface area contributed by atoms with Gasteiger partial charge in [-0.15, -0.1) is 68.0 Å². The lowest BCUT2D eigenvalue weighted by Gasteiger charge is -2.12. The molecule has 0 spiro atoms. The number of fused-ring (bicyclic) bond motifs is 6. The summed E-state index contributed by atoms with van der Waals surface area (Å²) in [5.74, 6) is 0.857. The van der Waals surface area contributed by atoms with Crippen LogP contribution in [0, 0.1) is 13.8 Å². The minimum Gasteiger partial charge on any atom is -0.140 e. The lowest BCUT2D eigenvalue weighted by atomic mass is 9.93. The molecule has 2 atom stereocenters. The van der Waals surface area contributed by atoms with E-state index in [0.717, 1.165) is 0 Å². The fourth-order valence-electron chi connectivity index (χ4n) is 6.53. The minimum absolute atomic E-state index is 0.428. The van der Waals surface area contributed by atoms with E-state index in [2.05, 4.69) is 100 Å². The number of rotatable bonds is 4. The highest BCUT2D eigenvalue weighted by molar-refractivity contribution is 7.28. The lowest BCUT2D eigenvalue weighted by molar-refractivity contribution is 0.946. The van der Waals surface area contributed by atoms with Gasteiger partial charge in [0, 0.05) is 70.4 Å². The van der Waals surface area contributed by atoms with Crippen LogP contribution in [0.1, 0.15) is 57.7 Å². The van der Waals surface area contributed by atoms with Crippen LogP contribution in [0.15, 0.2) is 72.8 Å². The third-order valence-electron chi connectivity index (χ3n) is 8.76. The first-order valence-corrected chi connectivity index (χ1v) is 19.1.